The molecule has 0 saturated carbocycles. The van der Waals surface area contributed by atoms with Gasteiger partial charge in [-0.25, -0.2) is 0 Å². The number of nitrogens with zero attached hydrogens (tertiary/aromatic N) is 1. The van der Waals surface area contributed by atoms with Crippen molar-refractivity contribution in [1.82, 2.24) is 4.98 Å². The largest absolute Gasteiger partial charge is 0.382 e. The Morgan fingerprint density at radius 1 is 1.47 bits per heavy atom. The minimum atomic E-state index is -0.126. The molecule has 1 rings (SSSR count). The van der Waals surface area contributed by atoms with Crippen molar-refractivity contribution < 1.29 is 9.47 Å². The van der Waals surface area contributed by atoms with Crippen LogP contribution in [0.4, 0.5) is 0 Å². The Morgan fingerprint density at radius 2 is 2.24 bits per heavy atom. The zero-order chi connectivity index (χ0) is 12.7. The number of pyridine rings is 1. The number of nitrogens with two attached hydrogens (primary N) is 1. The number of rotatable bonds is 7. The summed E-state index contributed by atoms with van der Waals surface area (Å²) < 4.78 is 11.0. The average molecular weight is 238 g/mol. The van der Waals surface area contributed by atoms with Crippen molar-refractivity contribution in [2.24, 2.45) is 5.73 Å². The molecule has 4 nitrogen and oxygen atoms in total. The Labute approximate surface area is 103 Å². The summed E-state index contributed by atoms with van der Waals surface area (Å²) in [6, 6.07) is 3.86. The molecule has 1 heterocycles. The highest BCUT2D eigenvalue weighted by molar-refractivity contribution is 5.14. The Kier molecular flexibility index (Phi) is 6.11. The van der Waals surface area contributed by atoms with E-state index in [0.717, 1.165) is 12.0 Å². The number of hydrogen-bond donors (Lipinski definition) is 1. The number of methoxy groups -OCH3 is 1. The molecule has 2 N–H and O–H groups in total. The van der Waals surface area contributed by atoms with E-state index in [4.69, 9.17) is 15.2 Å². The van der Waals surface area contributed by atoms with E-state index < -0.39 is 0 Å². The number of hydrogen-bond acceptors (Lipinski definition) is 4. The maximum absolute atomic E-state index is 6.10. The molecule has 3 unspecified atom stereocenters. The standard InChI is InChI=1S/C13H22N2O2/c1-4-12(14)13(17-10(2)9-16-3)11-6-5-7-15-8-11/h5-8,10,12-13H,4,9,14H2,1-3H3. The molecule has 1 aromatic heterocycles. The first-order valence-electron chi connectivity index (χ1n) is 5.99. The summed E-state index contributed by atoms with van der Waals surface area (Å²) in [6.45, 7) is 4.60. The van der Waals surface area contributed by atoms with Gasteiger partial charge in [-0.05, 0) is 19.4 Å². The summed E-state index contributed by atoms with van der Waals surface area (Å²) in [4.78, 5) is 4.11. The van der Waals surface area contributed by atoms with Crippen LogP contribution in [0.5, 0.6) is 0 Å². The molecule has 96 valence electrons. The normalized spacial score (nSPS) is 16.5. The van der Waals surface area contributed by atoms with E-state index in [-0.39, 0.29) is 18.2 Å². The summed E-state index contributed by atoms with van der Waals surface area (Å²) in [5.41, 5.74) is 7.12. The second-order valence-electron chi connectivity index (χ2n) is 4.18. The fourth-order valence-corrected chi connectivity index (χ4v) is 1.71. The fraction of sp³-hybridized carbons (Fsp3) is 0.615. The van der Waals surface area contributed by atoms with Gasteiger partial charge in [-0.1, -0.05) is 13.0 Å². The third-order valence-electron chi connectivity index (χ3n) is 2.65. The van der Waals surface area contributed by atoms with Crippen molar-refractivity contribution in [3.05, 3.63) is 30.1 Å². The lowest BCUT2D eigenvalue weighted by molar-refractivity contribution is -0.0508. The Morgan fingerprint density at radius 3 is 2.76 bits per heavy atom. The topological polar surface area (TPSA) is 57.4 Å². The summed E-state index contributed by atoms with van der Waals surface area (Å²) in [5.74, 6) is 0. The van der Waals surface area contributed by atoms with Crippen LogP contribution in [0.1, 0.15) is 31.9 Å². The van der Waals surface area contributed by atoms with E-state index in [2.05, 4.69) is 11.9 Å². The van der Waals surface area contributed by atoms with Gasteiger partial charge < -0.3 is 15.2 Å². The maximum Gasteiger partial charge on any atom is 0.0995 e. The third-order valence-corrected chi connectivity index (χ3v) is 2.65. The lowest BCUT2D eigenvalue weighted by atomic mass is 10.0. The van der Waals surface area contributed by atoms with Crippen LogP contribution < -0.4 is 5.73 Å². The molecule has 4 heteroatoms. The van der Waals surface area contributed by atoms with E-state index in [1.165, 1.54) is 0 Å². The first-order chi connectivity index (χ1) is 8.19. The predicted octanol–water partition coefficient (Wildman–Crippen LogP) is 1.91. The first-order valence-corrected chi connectivity index (χ1v) is 5.99. The van der Waals surface area contributed by atoms with E-state index >= 15 is 0 Å². The highest BCUT2D eigenvalue weighted by Crippen LogP contribution is 2.22. The zero-order valence-corrected chi connectivity index (χ0v) is 10.8. The van der Waals surface area contributed by atoms with E-state index in [0.29, 0.717) is 6.61 Å². The van der Waals surface area contributed by atoms with Gasteiger partial charge in [0.05, 0.1) is 18.8 Å². The average Bonchev–Trinajstić information content (AvgIpc) is 2.36. The van der Waals surface area contributed by atoms with Gasteiger partial charge in [0.2, 0.25) is 0 Å². The van der Waals surface area contributed by atoms with Crippen LogP contribution in [-0.4, -0.2) is 30.8 Å². The molecule has 0 radical (unpaired) electrons. The number of aromatic nitrogens is 1. The van der Waals surface area contributed by atoms with Crippen LogP contribution in [0.15, 0.2) is 24.5 Å². The zero-order valence-electron chi connectivity index (χ0n) is 10.8. The van der Waals surface area contributed by atoms with Crippen LogP contribution >= 0.6 is 0 Å². The van der Waals surface area contributed by atoms with Gasteiger partial charge in [0, 0.05) is 31.1 Å². The molecule has 0 amide bonds. The monoisotopic (exact) mass is 238 g/mol. The highest BCUT2D eigenvalue weighted by Gasteiger charge is 2.21. The van der Waals surface area contributed by atoms with Gasteiger partial charge in [0.1, 0.15) is 0 Å². The Balaban J connectivity index is 2.74. The highest BCUT2D eigenvalue weighted by atomic mass is 16.5. The van der Waals surface area contributed by atoms with Crippen molar-refractivity contribution >= 4 is 0 Å². The summed E-state index contributed by atoms with van der Waals surface area (Å²) in [6.07, 6.45) is 4.30. The molecule has 1 aromatic rings. The van der Waals surface area contributed by atoms with Gasteiger partial charge in [-0.2, -0.15) is 0 Å². The lowest BCUT2D eigenvalue weighted by Gasteiger charge is -2.26. The molecule has 0 bridgehead atoms. The molecular weight excluding hydrogens is 216 g/mol. The van der Waals surface area contributed by atoms with Gasteiger partial charge in [-0.3, -0.25) is 4.98 Å². The smallest absolute Gasteiger partial charge is 0.0995 e. The molecule has 17 heavy (non-hydrogen) atoms. The van der Waals surface area contributed by atoms with Crippen molar-refractivity contribution in [2.45, 2.75) is 38.5 Å². The summed E-state index contributed by atoms with van der Waals surface area (Å²) >= 11 is 0. The molecular formula is C13H22N2O2. The molecule has 3 atom stereocenters. The Hall–Kier alpha value is -0.970. The molecule has 0 aromatic carbocycles. The second-order valence-corrected chi connectivity index (χ2v) is 4.18. The quantitative estimate of drug-likeness (QED) is 0.788. The van der Waals surface area contributed by atoms with Crippen LogP contribution in [0, 0.1) is 0 Å². The van der Waals surface area contributed by atoms with Crippen LogP contribution in [-0.2, 0) is 9.47 Å². The second kappa shape index (κ2) is 7.37. The predicted molar refractivity (Wildman–Crippen MR) is 67.7 cm³/mol. The molecule has 0 spiro atoms. The fourth-order valence-electron chi connectivity index (χ4n) is 1.71. The number of ether oxygens (including phenoxy) is 2. The lowest BCUT2D eigenvalue weighted by Crippen LogP contribution is -2.33. The molecule has 0 saturated heterocycles. The van der Waals surface area contributed by atoms with Crippen LogP contribution in [0.2, 0.25) is 0 Å². The van der Waals surface area contributed by atoms with E-state index in [1.54, 1.807) is 19.5 Å². The van der Waals surface area contributed by atoms with Crippen LogP contribution in [0.25, 0.3) is 0 Å². The minimum absolute atomic E-state index is 0.0165. The molecule has 0 fully saturated rings. The van der Waals surface area contributed by atoms with E-state index in [9.17, 15) is 0 Å². The minimum Gasteiger partial charge on any atom is -0.382 e. The van der Waals surface area contributed by atoms with Crippen LogP contribution in [0.3, 0.4) is 0 Å². The van der Waals surface area contributed by atoms with Crippen molar-refractivity contribution in [1.29, 1.82) is 0 Å². The SMILES string of the molecule is CCC(N)C(OC(C)COC)c1cccnc1. The van der Waals surface area contributed by atoms with Crippen molar-refractivity contribution in [3.63, 3.8) is 0 Å². The van der Waals surface area contributed by atoms with Gasteiger partial charge in [0.25, 0.3) is 0 Å². The summed E-state index contributed by atoms with van der Waals surface area (Å²) in [5, 5.41) is 0. The van der Waals surface area contributed by atoms with Gasteiger partial charge in [-0.15, -0.1) is 0 Å². The molecule has 0 aliphatic carbocycles. The third kappa shape index (κ3) is 4.42. The summed E-state index contributed by atoms with van der Waals surface area (Å²) in [7, 11) is 1.67. The Bertz CT molecular complexity index is 306. The van der Waals surface area contributed by atoms with Gasteiger partial charge >= 0.3 is 0 Å². The van der Waals surface area contributed by atoms with E-state index in [1.807, 2.05) is 19.1 Å². The molecule has 0 aliphatic rings. The van der Waals surface area contributed by atoms with Crippen molar-refractivity contribution in [2.75, 3.05) is 13.7 Å². The van der Waals surface area contributed by atoms with Crippen molar-refractivity contribution in [3.8, 4) is 0 Å². The molecule has 0 aliphatic heterocycles. The van der Waals surface area contributed by atoms with Gasteiger partial charge in [0.15, 0.2) is 0 Å². The maximum atomic E-state index is 6.10. The first kappa shape index (κ1) is 14.1.